The second kappa shape index (κ2) is 13.4. The Morgan fingerprint density at radius 1 is 1.30 bits per heavy atom. The van der Waals surface area contributed by atoms with Gasteiger partial charge in [0.25, 0.3) is 0 Å². The van der Waals surface area contributed by atoms with E-state index in [1.807, 2.05) is 52.0 Å². The lowest BCUT2D eigenvalue weighted by molar-refractivity contribution is 0.230. The van der Waals surface area contributed by atoms with Crippen LogP contribution in [-0.4, -0.2) is 62.8 Å². The SMILES string of the molecule is CCCS(=O)(=O)N1CCC(NC(=NCC(C)Oc2cccc(C)c2)NCC)CC1.I. The van der Waals surface area contributed by atoms with Crippen LogP contribution in [0.25, 0.3) is 0 Å². The highest BCUT2D eigenvalue weighted by atomic mass is 127. The minimum absolute atomic E-state index is 0. The molecular weight excluding hydrogens is 515 g/mol. The second-order valence-electron chi connectivity index (χ2n) is 7.60. The monoisotopic (exact) mass is 552 g/mol. The zero-order valence-corrected chi connectivity index (χ0v) is 21.7. The number of nitrogens with zero attached hydrogens (tertiary/aromatic N) is 2. The van der Waals surface area contributed by atoms with Crippen LogP contribution in [0, 0.1) is 6.92 Å². The van der Waals surface area contributed by atoms with Crippen LogP contribution in [0.15, 0.2) is 29.3 Å². The van der Waals surface area contributed by atoms with Gasteiger partial charge < -0.3 is 15.4 Å². The molecule has 1 aromatic rings. The maximum atomic E-state index is 12.2. The molecule has 1 heterocycles. The van der Waals surface area contributed by atoms with Gasteiger partial charge in [-0.15, -0.1) is 24.0 Å². The summed E-state index contributed by atoms with van der Waals surface area (Å²) in [6.45, 7) is 10.4. The molecule has 1 aromatic carbocycles. The van der Waals surface area contributed by atoms with Gasteiger partial charge in [-0.1, -0.05) is 19.1 Å². The van der Waals surface area contributed by atoms with Crippen LogP contribution in [0.5, 0.6) is 5.75 Å². The van der Waals surface area contributed by atoms with Gasteiger partial charge in [0.1, 0.15) is 11.9 Å². The molecule has 0 radical (unpaired) electrons. The van der Waals surface area contributed by atoms with Crippen LogP contribution in [-0.2, 0) is 10.0 Å². The Bertz CT molecular complexity index is 765. The van der Waals surface area contributed by atoms with Gasteiger partial charge >= 0.3 is 0 Å². The van der Waals surface area contributed by atoms with Crippen molar-refractivity contribution in [1.82, 2.24) is 14.9 Å². The fourth-order valence-electron chi connectivity index (χ4n) is 3.36. The zero-order chi connectivity index (χ0) is 21.3. The molecule has 1 fully saturated rings. The fourth-order valence-corrected chi connectivity index (χ4v) is 4.90. The summed E-state index contributed by atoms with van der Waals surface area (Å²) in [5.74, 6) is 1.84. The van der Waals surface area contributed by atoms with Gasteiger partial charge in [-0.2, -0.15) is 0 Å². The predicted molar refractivity (Wildman–Crippen MR) is 134 cm³/mol. The number of rotatable bonds is 9. The number of halogens is 1. The summed E-state index contributed by atoms with van der Waals surface area (Å²) in [7, 11) is -3.11. The third-order valence-electron chi connectivity index (χ3n) is 4.83. The van der Waals surface area contributed by atoms with Gasteiger partial charge in [0.2, 0.25) is 10.0 Å². The lowest BCUT2D eigenvalue weighted by Crippen LogP contribution is -2.50. The molecule has 1 atom stereocenters. The van der Waals surface area contributed by atoms with Crippen molar-refractivity contribution in [1.29, 1.82) is 0 Å². The minimum Gasteiger partial charge on any atom is -0.489 e. The van der Waals surface area contributed by atoms with Gasteiger partial charge in [-0.25, -0.2) is 17.7 Å². The first-order valence-corrected chi connectivity index (χ1v) is 12.2. The number of ether oxygens (including phenoxy) is 1. The number of sulfonamides is 1. The summed E-state index contributed by atoms with van der Waals surface area (Å²) in [6, 6.07) is 8.22. The molecule has 7 nitrogen and oxygen atoms in total. The highest BCUT2D eigenvalue weighted by molar-refractivity contribution is 14.0. The third kappa shape index (κ3) is 8.97. The fraction of sp³-hybridized carbons (Fsp3) is 0.667. The quantitative estimate of drug-likeness (QED) is 0.280. The second-order valence-corrected chi connectivity index (χ2v) is 9.69. The molecule has 1 aliphatic heterocycles. The molecule has 172 valence electrons. The molecule has 1 saturated heterocycles. The van der Waals surface area contributed by atoms with Crippen molar-refractivity contribution in [3.05, 3.63) is 29.8 Å². The first-order chi connectivity index (χ1) is 13.8. The van der Waals surface area contributed by atoms with Crippen LogP contribution in [0.3, 0.4) is 0 Å². The van der Waals surface area contributed by atoms with Crippen molar-refractivity contribution in [3.63, 3.8) is 0 Å². The van der Waals surface area contributed by atoms with Gasteiger partial charge in [-0.05, 0) is 57.7 Å². The number of nitrogens with one attached hydrogen (secondary N) is 2. The Kier molecular flexibility index (Phi) is 12.0. The summed E-state index contributed by atoms with van der Waals surface area (Å²) in [5, 5.41) is 6.72. The standard InChI is InChI=1S/C21H36N4O3S.HI/c1-5-14-29(26,27)25-12-10-19(11-13-25)24-21(22-6-2)23-16-18(4)28-20-9-7-8-17(3)15-20;/h7-9,15,18-19H,5-6,10-14,16H2,1-4H3,(H2,22,23,24);1H. The van der Waals surface area contributed by atoms with Crippen molar-refractivity contribution in [2.24, 2.45) is 4.99 Å². The van der Waals surface area contributed by atoms with E-state index in [0.717, 1.165) is 31.1 Å². The van der Waals surface area contributed by atoms with E-state index in [9.17, 15) is 8.42 Å². The Balaban J connectivity index is 0.00000450. The molecular formula is C21H37IN4O3S. The van der Waals surface area contributed by atoms with Crippen LogP contribution in [0.4, 0.5) is 0 Å². The number of piperidine rings is 1. The van der Waals surface area contributed by atoms with Crippen molar-refractivity contribution in [3.8, 4) is 5.75 Å². The highest BCUT2D eigenvalue weighted by Gasteiger charge is 2.27. The lowest BCUT2D eigenvalue weighted by atomic mass is 10.1. The molecule has 0 spiro atoms. The van der Waals surface area contributed by atoms with Crippen LogP contribution in [0.1, 0.15) is 45.6 Å². The van der Waals surface area contributed by atoms with Gasteiger partial charge in [0, 0.05) is 25.7 Å². The maximum Gasteiger partial charge on any atom is 0.214 e. The van der Waals surface area contributed by atoms with Crippen LogP contribution in [0.2, 0.25) is 0 Å². The van der Waals surface area contributed by atoms with E-state index in [0.29, 0.717) is 26.1 Å². The Morgan fingerprint density at radius 3 is 2.60 bits per heavy atom. The number of hydrogen-bond donors (Lipinski definition) is 2. The van der Waals surface area contributed by atoms with E-state index in [1.54, 1.807) is 4.31 Å². The summed E-state index contributed by atoms with van der Waals surface area (Å²) < 4.78 is 32.0. The van der Waals surface area contributed by atoms with Gasteiger partial charge in [0.15, 0.2) is 5.96 Å². The van der Waals surface area contributed by atoms with Crippen LogP contribution >= 0.6 is 24.0 Å². The van der Waals surface area contributed by atoms with E-state index in [4.69, 9.17) is 4.74 Å². The molecule has 2 N–H and O–H groups in total. The van der Waals surface area contributed by atoms with Gasteiger partial charge in [-0.3, -0.25) is 0 Å². The number of aryl methyl sites for hydroxylation is 1. The number of hydrogen-bond acceptors (Lipinski definition) is 4. The molecule has 0 aliphatic carbocycles. The van der Waals surface area contributed by atoms with E-state index in [1.165, 1.54) is 5.56 Å². The molecule has 30 heavy (non-hydrogen) atoms. The first kappa shape index (κ1) is 27.0. The Hall–Kier alpha value is -1.07. The number of aliphatic imine (C=N–C) groups is 1. The average molecular weight is 553 g/mol. The molecule has 1 aliphatic rings. The van der Waals surface area contributed by atoms with Crippen LogP contribution < -0.4 is 15.4 Å². The van der Waals surface area contributed by atoms with E-state index >= 15 is 0 Å². The molecule has 1 unspecified atom stereocenters. The van der Waals surface area contributed by atoms with E-state index < -0.39 is 10.0 Å². The van der Waals surface area contributed by atoms with Crippen molar-refractivity contribution >= 4 is 40.0 Å². The minimum atomic E-state index is -3.11. The molecule has 0 saturated carbocycles. The Morgan fingerprint density at radius 2 is 2.00 bits per heavy atom. The molecule has 0 amide bonds. The Labute approximate surface area is 199 Å². The van der Waals surface area contributed by atoms with Crippen molar-refractivity contribution < 1.29 is 13.2 Å². The highest BCUT2D eigenvalue weighted by Crippen LogP contribution is 2.16. The molecule has 2 rings (SSSR count). The first-order valence-electron chi connectivity index (χ1n) is 10.6. The predicted octanol–water partition coefficient (Wildman–Crippen LogP) is 3.14. The summed E-state index contributed by atoms with van der Waals surface area (Å²) in [6.07, 6.45) is 2.17. The number of guanidine groups is 1. The molecule has 0 aromatic heterocycles. The molecule has 9 heteroatoms. The van der Waals surface area contributed by atoms with E-state index in [2.05, 4.69) is 15.6 Å². The molecule has 0 bridgehead atoms. The lowest BCUT2D eigenvalue weighted by Gasteiger charge is -2.32. The smallest absolute Gasteiger partial charge is 0.214 e. The largest absolute Gasteiger partial charge is 0.489 e. The van der Waals surface area contributed by atoms with E-state index in [-0.39, 0.29) is 41.9 Å². The summed E-state index contributed by atoms with van der Waals surface area (Å²) in [4.78, 5) is 4.66. The zero-order valence-electron chi connectivity index (χ0n) is 18.6. The summed E-state index contributed by atoms with van der Waals surface area (Å²) >= 11 is 0. The van der Waals surface area contributed by atoms with Gasteiger partial charge in [0.05, 0.1) is 12.3 Å². The average Bonchev–Trinajstić information content (AvgIpc) is 2.67. The topological polar surface area (TPSA) is 83.0 Å². The maximum absolute atomic E-state index is 12.2. The number of benzene rings is 1. The summed E-state index contributed by atoms with van der Waals surface area (Å²) in [5.41, 5.74) is 1.17. The van der Waals surface area contributed by atoms with Crippen molar-refractivity contribution in [2.45, 2.75) is 59.1 Å². The van der Waals surface area contributed by atoms with Crippen molar-refractivity contribution in [2.75, 3.05) is 31.9 Å². The normalized spacial score (nSPS) is 17.1. The third-order valence-corrected chi connectivity index (χ3v) is 6.90.